The van der Waals surface area contributed by atoms with Crippen LogP contribution in [0.5, 0.6) is 5.75 Å². The quantitative estimate of drug-likeness (QED) is 0.844. The minimum atomic E-state index is -0.0761. The van der Waals surface area contributed by atoms with E-state index in [4.69, 9.17) is 4.74 Å². The predicted octanol–water partition coefficient (Wildman–Crippen LogP) is 1.67. The summed E-state index contributed by atoms with van der Waals surface area (Å²) in [7, 11) is 0. The first-order valence-electron chi connectivity index (χ1n) is 5.56. The topological polar surface area (TPSA) is 38.3 Å². The number of ether oxygens (including phenoxy) is 1. The lowest BCUT2D eigenvalue weighted by atomic mass is 10.1. The van der Waals surface area contributed by atoms with Gasteiger partial charge in [-0.05, 0) is 35.7 Å². The number of rotatable bonds is 1. The van der Waals surface area contributed by atoms with Crippen LogP contribution in [0.2, 0.25) is 0 Å². The molecule has 0 atom stereocenters. The standard InChI is InChI=1S/C14H11NO2S/c1-9(16)15-12-2-3-13-11(6-12)7-14-10(8-17-13)4-5-18-14/h2-8H,1H3,(H,15,16). The van der Waals surface area contributed by atoms with E-state index in [0.29, 0.717) is 0 Å². The highest BCUT2D eigenvalue weighted by atomic mass is 32.1. The summed E-state index contributed by atoms with van der Waals surface area (Å²) in [4.78, 5) is 11.0. The first-order valence-corrected chi connectivity index (χ1v) is 6.44. The Morgan fingerprint density at radius 1 is 1.33 bits per heavy atom. The van der Waals surface area contributed by atoms with E-state index < -0.39 is 0 Å². The van der Waals surface area contributed by atoms with Crippen molar-refractivity contribution < 1.29 is 9.53 Å². The van der Waals surface area contributed by atoms with Gasteiger partial charge >= 0.3 is 0 Å². The number of hydrogen-bond acceptors (Lipinski definition) is 3. The van der Waals surface area contributed by atoms with Gasteiger partial charge in [-0.15, -0.1) is 11.3 Å². The second kappa shape index (κ2) is 4.31. The molecule has 90 valence electrons. The summed E-state index contributed by atoms with van der Waals surface area (Å²) in [5, 5.41) is 5.88. The first kappa shape index (κ1) is 11.0. The highest BCUT2D eigenvalue weighted by Crippen LogP contribution is 2.24. The monoisotopic (exact) mass is 257 g/mol. The van der Waals surface area contributed by atoms with Crippen LogP contribution in [0.25, 0.3) is 12.3 Å². The number of carbonyl (C=O) groups is 1. The molecule has 0 saturated heterocycles. The molecule has 1 aromatic heterocycles. The van der Waals surface area contributed by atoms with Crippen molar-refractivity contribution in [2.24, 2.45) is 0 Å². The maximum Gasteiger partial charge on any atom is 0.221 e. The normalized spacial score (nSPS) is 12.1. The van der Waals surface area contributed by atoms with E-state index in [-0.39, 0.29) is 5.91 Å². The van der Waals surface area contributed by atoms with E-state index in [1.54, 1.807) is 17.6 Å². The van der Waals surface area contributed by atoms with Crippen molar-refractivity contribution in [2.75, 3.05) is 5.32 Å². The number of anilines is 1. The highest BCUT2D eigenvalue weighted by molar-refractivity contribution is 7.07. The van der Waals surface area contributed by atoms with Crippen LogP contribution in [0.1, 0.15) is 12.5 Å². The van der Waals surface area contributed by atoms with Gasteiger partial charge in [0.15, 0.2) is 0 Å². The largest absolute Gasteiger partial charge is 0.464 e. The molecule has 18 heavy (non-hydrogen) atoms. The van der Waals surface area contributed by atoms with Gasteiger partial charge in [0.25, 0.3) is 0 Å². The molecule has 1 aliphatic heterocycles. The van der Waals surface area contributed by atoms with E-state index in [9.17, 15) is 4.79 Å². The van der Waals surface area contributed by atoms with Gasteiger partial charge in [0, 0.05) is 27.9 Å². The molecule has 2 heterocycles. The van der Waals surface area contributed by atoms with Crippen molar-refractivity contribution in [1.82, 2.24) is 0 Å². The lowest BCUT2D eigenvalue weighted by Gasteiger charge is -2.07. The molecule has 0 aliphatic carbocycles. The molecule has 0 bridgehead atoms. The summed E-state index contributed by atoms with van der Waals surface area (Å²) < 4.78 is 6.79. The minimum Gasteiger partial charge on any atom is -0.464 e. The van der Waals surface area contributed by atoms with Gasteiger partial charge in [0.05, 0.1) is 6.26 Å². The molecule has 3 rings (SSSR count). The molecule has 0 saturated carbocycles. The summed E-state index contributed by atoms with van der Waals surface area (Å²) in [6.45, 7) is 1.50. The molecule has 0 spiro atoms. The molecule has 3 nitrogen and oxygen atoms in total. The Kier molecular flexibility index (Phi) is 2.64. The number of benzene rings is 1. The zero-order chi connectivity index (χ0) is 12.5. The van der Waals surface area contributed by atoms with Gasteiger partial charge in [-0.3, -0.25) is 4.79 Å². The molecular formula is C14H11NO2S. The Balaban J connectivity index is 2.12. The fourth-order valence-corrected chi connectivity index (χ4v) is 2.67. The Morgan fingerprint density at radius 3 is 3.06 bits per heavy atom. The third kappa shape index (κ3) is 2.02. The molecular weight excluding hydrogens is 246 g/mol. The Hall–Kier alpha value is -2.07. The molecule has 1 amide bonds. The van der Waals surface area contributed by atoms with Crippen molar-refractivity contribution in [3.63, 3.8) is 0 Å². The van der Waals surface area contributed by atoms with Crippen LogP contribution < -0.4 is 19.8 Å². The first-order chi connectivity index (χ1) is 8.72. The van der Waals surface area contributed by atoms with Crippen LogP contribution in [-0.2, 0) is 4.79 Å². The van der Waals surface area contributed by atoms with Gasteiger partial charge < -0.3 is 10.1 Å². The van der Waals surface area contributed by atoms with Gasteiger partial charge in [-0.1, -0.05) is 0 Å². The van der Waals surface area contributed by atoms with Crippen LogP contribution >= 0.6 is 11.3 Å². The average Bonchev–Trinajstić information content (AvgIpc) is 2.68. The lowest BCUT2D eigenvalue weighted by molar-refractivity contribution is -0.114. The second-order valence-electron chi connectivity index (χ2n) is 4.05. The number of amides is 1. The molecule has 0 fully saturated rings. The third-order valence-corrected chi connectivity index (χ3v) is 3.54. The zero-order valence-electron chi connectivity index (χ0n) is 9.77. The number of carbonyl (C=O) groups excluding carboxylic acids is 1. The fourth-order valence-electron chi connectivity index (χ4n) is 1.86. The van der Waals surface area contributed by atoms with Crippen LogP contribution in [0, 0.1) is 0 Å². The summed E-state index contributed by atoms with van der Waals surface area (Å²) >= 11 is 1.67. The van der Waals surface area contributed by atoms with Gasteiger partial charge in [-0.25, -0.2) is 0 Å². The fraction of sp³-hybridized carbons (Fsp3) is 0.0714. The maximum absolute atomic E-state index is 11.0. The maximum atomic E-state index is 11.0. The molecule has 1 aromatic carbocycles. The van der Waals surface area contributed by atoms with Crippen molar-refractivity contribution in [1.29, 1.82) is 0 Å². The second-order valence-corrected chi connectivity index (χ2v) is 5.00. The highest BCUT2D eigenvalue weighted by Gasteiger charge is 2.06. The minimum absolute atomic E-state index is 0.0761. The van der Waals surface area contributed by atoms with Crippen molar-refractivity contribution >= 4 is 35.3 Å². The van der Waals surface area contributed by atoms with E-state index >= 15 is 0 Å². The number of nitrogens with one attached hydrogen (secondary N) is 1. The molecule has 2 aromatic rings. The van der Waals surface area contributed by atoms with E-state index in [1.165, 1.54) is 6.92 Å². The number of fused-ring (bicyclic) bond motifs is 2. The van der Waals surface area contributed by atoms with E-state index in [1.807, 2.05) is 29.6 Å². The van der Waals surface area contributed by atoms with Crippen LogP contribution in [-0.4, -0.2) is 5.91 Å². The SMILES string of the molecule is CC(=O)Nc1ccc2c(c1)C=c1sccc1=CO2. The third-order valence-electron chi connectivity index (χ3n) is 2.66. The summed E-state index contributed by atoms with van der Waals surface area (Å²) in [6.07, 6.45) is 3.83. The van der Waals surface area contributed by atoms with Crippen LogP contribution in [0.4, 0.5) is 5.69 Å². The summed E-state index contributed by atoms with van der Waals surface area (Å²) in [5.74, 6) is 0.723. The van der Waals surface area contributed by atoms with E-state index in [0.717, 1.165) is 26.8 Å². The Labute approximate surface area is 108 Å². The molecule has 4 heteroatoms. The van der Waals surface area contributed by atoms with Crippen LogP contribution in [0.15, 0.2) is 29.6 Å². The van der Waals surface area contributed by atoms with Crippen molar-refractivity contribution in [3.05, 3.63) is 45.0 Å². The van der Waals surface area contributed by atoms with Crippen LogP contribution in [0.3, 0.4) is 0 Å². The number of hydrogen-bond donors (Lipinski definition) is 1. The molecule has 0 radical (unpaired) electrons. The van der Waals surface area contributed by atoms with Gasteiger partial charge in [-0.2, -0.15) is 0 Å². The Morgan fingerprint density at radius 2 is 2.22 bits per heavy atom. The summed E-state index contributed by atoms with van der Waals surface area (Å²) in [6, 6.07) is 7.64. The average molecular weight is 257 g/mol. The molecule has 1 N–H and O–H groups in total. The predicted molar refractivity (Wildman–Crippen MR) is 73.0 cm³/mol. The van der Waals surface area contributed by atoms with Gasteiger partial charge in [0.2, 0.25) is 5.91 Å². The smallest absolute Gasteiger partial charge is 0.221 e. The molecule has 1 aliphatic rings. The zero-order valence-corrected chi connectivity index (χ0v) is 10.6. The van der Waals surface area contributed by atoms with Crippen molar-refractivity contribution in [3.8, 4) is 5.75 Å². The number of thiophene rings is 1. The van der Waals surface area contributed by atoms with Gasteiger partial charge in [0.1, 0.15) is 5.75 Å². The Bertz CT molecular complexity index is 730. The lowest BCUT2D eigenvalue weighted by Crippen LogP contribution is -2.17. The summed E-state index contributed by atoms with van der Waals surface area (Å²) in [5.41, 5.74) is 1.75. The molecule has 0 unspecified atom stereocenters. The van der Waals surface area contributed by atoms with E-state index in [2.05, 4.69) is 11.4 Å². The van der Waals surface area contributed by atoms with Crippen molar-refractivity contribution in [2.45, 2.75) is 6.92 Å².